The minimum atomic E-state index is -0.636. The molecule has 0 saturated heterocycles. The van der Waals surface area contributed by atoms with E-state index in [1.807, 2.05) is 54.6 Å². The van der Waals surface area contributed by atoms with E-state index in [4.69, 9.17) is 29.2 Å². The molecule has 0 aliphatic heterocycles. The van der Waals surface area contributed by atoms with E-state index in [0.717, 1.165) is 41.5 Å². The Hall–Kier alpha value is -4.40. The summed E-state index contributed by atoms with van der Waals surface area (Å²) in [5, 5.41) is 17.9. The van der Waals surface area contributed by atoms with Crippen molar-refractivity contribution in [1.29, 1.82) is 0 Å². The van der Waals surface area contributed by atoms with Gasteiger partial charge in [-0.3, -0.25) is 4.79 Å². The summed E-state index contributed by atoms with van der Waals surface area (Å²) in [5.41, 5.74) is 5.58. The molecule has 43 heavy (non-hydrogen) atoms. The largest absolute Gasteiger partial charge is 0.490 e. The summed E-state index contributed by atoms with van der Waals surface area (Å²) >= 11 is 0. The first-order valence-electron chi connectivity index (χ1n) is 14.3. The number of aliphatic hydroxyl groups is 2. The van der Waals surface area contributed by atoms with Gasteiger partial charge >= 0.3 is 11.9 Å². The van der Waals surface area contributed by atoms with Gasteiger partial charge in [-0.2, -0.15) is 0 Å². The van der Waals surface area contributed by atoms with Crippen LogP contribution in [0, 0.1) is 5.92 Å². The number of esters is 2. The Kier molecular flexibility index (Phi) is 13.5. The monoisotopic (exact) mass is 588 g/mol. The smallest absolute Gasteiger partial charge is 0.335 e. The summed E-state index contributed by atoms with van der Waals surface area (Å²) in [7, 11) is 0. The summed E-state index contributed by atoms with van der Waals surface area (Å²) in [5.74, 6) is -0.293. The van der Waals surface area contributed by atoms with Crippen molar-refractivity contribution in [2.24, 2.45) is 5.92 Å². The first kappa shape index (κ1) is 33.1. The van der Waals surface area contributed by atoms with Crippen LogP contribution in [0.25, 0.3) is 22.3 Å². The predicted octanol–water partition coefficient (Wildman–Crippen LogP) is 5.55. The van der Waals surface area contributed by atoms with Gasteiger partial charge in [-0.05, 0) is 78.3 Å². The Balaban J connectivity index is 1.64. The van der Waals surface area contributed by atoms with Gasteiger partial charge in [-0.25, -0.2) is 4.79 Å². The second kappa shape index (κ2) is 17.5. The van der Waals surface area contributed by atoms with Crippen LogP contribution in [0.2, 0.25) is 0 Å². The molecule has 1 unspecified atom stereocenters. The predicted molar refractivity (Wildman–Crippen MR) is 166 cm³/mol. The minimum absolute atomic E-state index is 0.00679. The second-order valence-electron chi connectivity index (χ2n) is 9.95. The van der Waals surface area contributed by atoms with E-state index in [2.05, 4.69) is 31.4 Å². The van der Waals surface area contributed by atoms with E-state index in [1.165, 1.54) is 5.56 Å². The van der Waals surface area contributed by atoms with E-state index in [9.17, 15) is 9.59 Å². The van der Waals surface area contributed by atoms with Crippen molar-refractivity contribution in [2.45, 2.75) is 26.2 Å². The fraction of sp³-hybridized carbons (Fsp3) is 0.314. The molecule has 0 aliphatic carbocycles. The third kappa shape index (κ3) is 10.4. The topological polar surface area (TPSA) is 112 Å². The highest BCUT2D eigenvalue weighted by atomic mass is 16.6. The molecular formula is C35H40O8. The van der Waals surface area contributed by atoms with Gasteiger partial charge in [-0.15, -0.1) is 6.58 Å². The Morgan fingerprint density at radius 3 is 1.98 bits per heavy atom. The highest BCUT2D eigenvalue weighted by Crippen LogP contribution is 2.32. The summed E-state index contributed by atoms with van der Waals surface area (Å²) in [4.78, 5) is 23.2. The third-order valence-corrected chi connectivity index (χ3v) is 6.65. The first-order valence-corrected chi connectivity index (χ1v) is 14.3. The number of unbranched alkanes of at least 4 members (excludes halogenated alkanes) is 1. The fourth-order valence-electron chi connectivity index (χ4n) is 4.15. The summed E-state index contributed by atoms with van der Waals surface area (Å²) in [6.07, 6.45) is 4.73. The molecule has 3 rings (SSSR count). The van der Waals surface area contributed by atoms with Crippen LogP contribution < -0.4 is 9.47 Å². The van der Waals surface area contributed by atoms with Crippen molar-refractivity contribution in [3.05, 3.63) is 97.1 Å². The molecule has 1 atom stereocenters. The Bertz CT molecular complexity index is 1350. The maximum atomic E-state index is 11.6. The van der Waals surface area contributed by atoms with Gasteiger partial charge in [-0.1, -0.05) is 55.1 Å². The van der Waals surface area contributed by atoms with E-state index in [0.29, 0.717) is 11.5 Å². The molecular weight excluding hydrogens is 548 g/mol. The van der Waals surface area contributed by atoms with Crippen molar-refractivity contribution in [3.8, 4) is 33.8 Å². The van der Waals surface area contributed by atoms with E-state index in [1.54, 1.807) is 6.92 Å². The lowest BCUT2D eigenvalue weighted by molar-refractivity contribution is -0.150. The second-order valence-corrected chi connectivity index (χ2v) is 9.95. The molecule has 8 heteroatoms. The van der Waals surface area contributed by atoms with Crippen molar-refractivity contribution in [2.75, 3.05) is 39.6 Å². The molecule has 2 N–H and O–H groups in total. The molecule has 228 valence electrons. The summed E-state index contributed by atoms with van der Waals surface area (Å²) < 4.78 is 21.5. The molecule has 0 fully saturated rings. The lowest BCUT2D eigenvalue weighted by Gasteiger charge is -2.14. The van der Waals surface area contributed by atoms with Crippen molar-refractivity contribution in [3.63, 3.8) is 0 Å². The lowest BCUT2D eigenvalue weighted by Crippen LogP contribution is -2.20. The average Bonchev–Trinajstić information content (AvgIpc) is 3.04. The Labute approximate surface area is 253 Å². The first-order chi connectivity index (χ1) is 20.9. The number of allylic oxidation sites excluding steroid dienone is 1. The SMILES string of the molecule is C=CCCCc1cc(-c2ccc(OCCOC(=O)C(C)CO)cc2)ccc1-c1ccc(OCCOC(=O)C(=C)CO)cc1. The van der Waals surface area contributed by atoms with E-state index in [-0.39, 0.29) is 38.6 Å². The van der Waals surface area contributed by atoms with Crippen LogP contribution in [0.4, 0.5) is 0 Å². The molecule has 0 heterocycles. The van der Waals surface area contributed by atoms with Crippen LogP contribution in [-0.4, -0.2) is 61.8 Å². The van der Waals surface area contributed by atoms with E-state index < -0.39 is 24.5 Å². The molecule has 0 aliphatic rings. The Morgan fingerprint density at radius 1 is 0.814 bits per heavy atom. The normalized spacial score (nSPS) is 11.3. The quantitative estimate of drug-likeness (QED) is 0.0861. The molecule has 0 bridgehead atoms. The van der Waals surface area contributed by atoms with Gasteiger partial charge in [0.15, 0.2) is 0 Å². The number of hydrogen-bond donors (Lipinski definition) is 2. The zero-order valence-electron chi connectivity index (χ0n) is 24.6. The number of benzene rings is 3. The highest BCUT2D eigenvalue weighted by Gasteiger charge is 2.13. The zero-order valence-corrected chi connectivity index (χ0v) is 24.6. The van der Waals surface area contributed by atoms with Crippen LogP contribution in [-0.2, 0) is 25.5 Å². The van der Waals surface area contributed by atoms with Gasteiger partial charge in [0.2, 0.25) is 0 Å². The van der Waals surface area contributed by atoms with Crippen LogP contribution >= 0.6 is 0 Å². The average molecular weight is 589 g/mol. The molecule has 0 spiro atoms. The summed E-state index contributed by atoms with van der Waals surface area (Å²) in [6, 6.07) is 22.0. The third-order valence-electron chi connectivity index (χ3n) is 6.65. The molecule has 3 aromatic carbocycles. The van der Waals surface area contributed by atoms with Gasteiger partial charge in [0.1, 0.15) is 37.9 Å². The fourth-order valence-corrected chi connectivity index (χ4v) is 4.15. The molecule has 8 nitrogen and oxygen atoms in total. The van der Waals surface area contributed by atoms with Crippen molar-refractivity contribution in [1.82, 2.24) is 0 Å². The molecule has 0 aromatic heterocycles. The van der Waals surface area contributed by atoms with E-state index >= 15 is 0 Å². The number of aliphatic hydroxyl groups excluding tert-OH is 2. The van der Waals surface area contributed by atoms with Gasteiger partial charge in [0.05, 0.1) is 24.7 Å². The standard InChI is InChI=1S/C35H40O8/c1-4-5-6-7-30-22-29(27-8-13-31(14-9-27)40-18-20-42-34(38)25(2)23-36)12-17-33(30)28-10-15-32(16-11-28)41-19-21-43-35(39)26(3)24-37/h4,8-17,22,25,36-37H,1,3,5-7,18-21,23-24H2,2H3. The van der Waals surface area contributed by atoms with Crippen LogP contribution in [0.1, 0.15) is 25.3 Å². The molecule has 0 radical (unpaired) electrons. The van der Waals surface area contributed by atoms with Crippen LogP contribution in [0.3, 0.4) is 0 Å². The van der Waals surface area contributed by atoms with Crippen molar-refractivity contribution < 1.29 is 38.7 Å². The van der Waals surface area contributed by atoms with Gasteiger partial charge in [0, 0.05) is 0 Å². The van der Waals surface area contributed by atoms with Gasteiger partial charge in [0.25, 0.3) is 0 Å². The zero-order chi connectivity index (χ0) is 31.0. The number of ether oxygens (including phenoxy) is 4. The Morgan fingerprint density at radius 2 is 1.40 bits per heavy atom. The molecule has 3 aromatic rings. The minimum Gasteiger partial charge on any atom is -0.490 e. The maximum absolute atomic E-state index is 11.6. The number of aryl methyl sites for hydroxylation is 1. The molecule has 0 saturated carbocycles. The number of hydrogen-bond acceptors (Lipinski definition) is 8. The van der Waals surface area contributed by atoms with Crippen molar-refractivity contribution >= 4 is 11.9 Å². The van der Waals surface area contributed by atoms with Crippen LogP contribution in [0.5, 0.6) is 11.5 Å². The number of carbonyl (C=O) groups excluding carboxylic acids is 2. The van der Waals surface area contributed by atoms with Gasteiger partial charge < -0.3 is 29.2 Å². The summed E-state index contributed by atoms with van der Waals surface area (Å²) in [6.45, 7) is 8.80. The highest BCUT2D eigenvalue weighted by molar-refractivity contribution is 5.87. The van der Waals surface area contributed by atoms with Crippen LogP contribution in [0.15, 0.2) is 91.5 Å². The maximum Gasteiger partial charge on any atom is 0.335 e. The number of carbonyl (C=O) groups is 2. The lowest BCUT2D eigenvalue weighted by atomic mass is 9.92. The molecule has 0 amide bonds. The number of rotatable bonds is 18.